The number of carbonyl (C=O) groups excluding carboxylic acids is 2. The number of H-pyrrole nitrogens is 1. The summed E-state index contributed by atoms with van der Waals surface area (Å²) in [5, 5.41) is 3.85. The Morgan fingerprint density at radius 2 is 1.43 bits per heavy atom. The molecule has 7 nitrogen and oxygen atoms in total. The van der Waals surface area contributed by atoms with Crippen LogP contribution in [-0.2, 0) is 16.0 Å². The third kappa shape index (κ3) is 4.92. The number of hydrogen-bond acceptors (Lipinski definition) is 5. The van der Waals surface area contributed by atoms with Crippen molar-refractivity contribution in [2.75, 3.05) is 7.11 Å². The first-order valence-electron chi connectivity index (χ1n) is 13.0. The Bertz CT molecular complexity index is 1830. The van der Waals surface area contributed by atoms with Gasteiger partial charge in [-0.25, -0.2) is 14.8 Å². The third-order valence-electron chi connectivity index (χ3n) is 6.91. The highest BCUT2D eigenvalue weighted by Gasteiger charge is 2.24. The Balaban J connectivity index is 1.34. The van der Waals surface area contributed by atoms with Crippen LogP contribution in [0.2, 0.25) is 0 Å². The number of methoxy groups -OCH3 is 1. The van der Waals surface area contributed by atoms with E-state index in [0.717, 1.165) is 39.0 Å². The van der Waals surface area contributed by atoms with E-state index < -0.39 is 17.9 Å². The van der Waals surface area contributed by atoms with E-state index in [2.05, 4.69) is 10.3 Å². The normalized spacial score (nSPS) is 11.8. The molecule has 0 aliphatic carbocycles. The summed E-state index contributed by atoms with van der Waals surface area (Å²) >= 11 is 0. The lowest BCUT2D eigenvalue weighted by Crippen LogP contribution is -2.43. The first-order chi connectivity index (χ1) is 19.6. The van der Waals surface area contributed by atoms with E-state index in [4.69, 9.17) is 14.7 Å². The molecule has 0 aliphatic heterocycles. The van der Waals surface area contributed by atoms with Crippen LogP contribution in [0.25, 0.3) is 44.5 Å². The second-order valence-corrected chi connectivity index (χ2v) is 9.47. The highest BCUT2D eigenvalue weighted by atomic mass is 16.5. The van der Waals surface area contributed by atoms with E-state index in [-0.39, 0.29) is 6.42 Å². The van der Waals surface area contributed by atoms with Crippen LogP contribution >= 0.6 is 0 Å². The van der Waals surface area contributed by atoms with E-state index in [9.17, 15) is 9.59 Å². The number of ether oxygens (including phenoxy) is 1. The van der Waals surface area contributed by atoms with Crippen molar-refractivity contribution < 1.29 is 14.3 Å². The number of rotatable bonds is 7. The van der Waals surface area contributed by atoms with Crippen LogP contribution < -0.4 is 5.32 Å². The van der Waals surface area contributed by atoms with Gasteiger partial charge in [-0.3, -0.25) is 4.79 Å². The molecule has 4 aromatic carbocycles. The van der Waals surface area contributed by atoms with Gasteiger partial charge < -0.3 is 15.0 Å². The fourth-order valence-electron chi connectivity index (χ4n) is 4.89. The van der Waals surface area contributed by atoms with E-state index >= 15 is 0 Å². The molecule has 0 saturated heterocycles. The topological polar surface area (TPSA) is 97.0 Å². The smallest absolute Gasteiger partial charge is 0.328 e. The second-order valence-electron chi connectivity index (χ2n) is 9.47. The zero-order valence-electron chi connectivity index (χ0n) is 21.8. The molecule has 196 valence electrons. The van der Waals surface area contributed by atoms with Gasteiger partial charge in [-0.15, -0.1) is 0 Å². The molecule has 0 saturated carbocycles. The molecule has 0 aliphatic rings. The minimum atomic E-state index is -0.862. The van der Waals surface area contributed by atoms with Crippen molar-refractivity contribution >= 4 is 33.8 Å². The maximum atomic E-state index is 13.4. The van der Waals surface area contributed by atoms with Gasteiger partial charge in [-0.05, 0) is 29.8 Å². The Morgan fingerprint density at radius 3 is 2.10 bits per heavy atom. The van der Waals surface area contributed by atoms with Gasteiger partial charge in [-0.1, -0.05) is 78.9 Å². The summed E-state index contributed by atoms with van der Waals surface area (Å²) in [6.45, 7) is 0. The number of nitrogens with zero attached hydrogens (tertiary/aromatic N) is 2. The summed E-state index contributed by atoms with van der Waals surface area (Å²) in [4.78, 5) is 39.1. The quantitative estimate of drug-likeness (QED) is 0.250. The number of esters is 1. The summed E-state index contributed by atoms with van der Waals surface area (Å²) in [5.74, 6) is -0.912. The highest BCUT2D eigenvalue weighted by Crippen LogP contribution is 2.31. The van der Waals surface area contributed by atoms with Crippen molar-refractivity contribution in [2.45, 2.75) is 12.5 Å². The van der Waals surface area contributed by atoms with Crippen LogP contribution in [0, 0.1) is 0 Å². The largest absolute Gasteiger partial charge is 0.467 e. The van der Waals surface area contributed by atoms with Gasteiger partial charge >= 0.3 is 5.97 Å². The number of carbonyl (C=O) groups is 2. The van der Waals surface area contributed by atoms with Gasteiger partial charge in [0.25, 0.3) is 5.91 Å². The monoisotopic (exact) mass is 526 g/mol. The van der Waals surface area contributed by atoms with Crippen molar-refractivity contribution in [3.63, 3.8) is 0 Å². The molecule has 6 aromatic rings. The number of fused-ring (bicyclic) bond motifs is 2. The molecule has 0 spiro atoms. The summed E-state index contributed by atoms with van der Waals surface area (Å²) in [6, 6.07) is 31.9. The number of hydrogen-bond donors (Lipinski definition) is 2. The fraction of sp³-hybridized carbons (Fsp3) is 0.0909. The van der Waals surface area contributed by atoms with Gasteiger partial charge in [0.1, 0.15) is 6.04 Å². The van der Waals surface area contributed by atoms with Crippen LogP contribution in [0.15, 0.2) is 109 Å². The van der Waals surface area contributed by atoms with Gasteiger partial charge in [0.05, 0.1) is 29.5 Å². The molecule has 2 heterocycles. The van der Waals surface area contributed by atoms with Crippen LogP contribution in [0.1, 0.15) is 15.9 Å². The molecule has 1 amide bonds. The predicted octanol–water partition coefficient (Wildman–Crippen LogP) is 5.96. The van der Waals surface area contributed by atoms with Crippen LogP contribution in [0.5, 0.6) is 0 Å². The highest BCUT2D eigenvalue weighted by molar-refractivity contribution is 6.00. The van der Waals surface area contributed by atoms with Gasteiger partial charge in [-0.2, -0.15) is 0 Å². The molecule has 6 rings (SSSR count). The Hall–Kier alpha value is -5.30. The zero-order valence-corrected chi connectivity index (χ0v) is 21.8. The Morgan fingerprint density at radius 1 is 0.800 bits per heavy atom. The summed E-state index contributed by atoms with van der Waals surface area (Å²) in [7, 11) is 1.32. The summed E-state index contributed by atoms with van der Waals surface area (Å²) in [6.07, 6.45) is 2.14. The van der Waals surface area contributed by atoms with Crippen molar-refractivity contribution in [3.05, 3.63) is 120 Å². The van der Waals surface area contributed by atoms with Crippen molar-refractivity contribution in [2.24, 2.45) is 0 Å². The van der Waals surface area contributed by atoms with Crippen LogP contribution in [0.4, 0.5) is 0 Å². The van der Waals surface area contributed by atoms with Gasteiger partial charge in [0, 0.05) is 40.2 Å². The van der Waals surface area contributed by atoms with Crippen LogP contribution in [-0.4, -0.2) is 40.0 Å². The standard InChI is InChI=1S/C33H26N4O3/c1-40-33(39)29(19-24-20-34-26-15-9-8-14-25(24)26)37-32(38)23-16-17-27-28(18-23)36-31(22-12-6-3-7-13-22)30(35-27)21-10-4-2-5-11-21/h2-18,20,29,34H,19H2,1H3,(H,37,38)/t29-/m0/s1. The molecule has 2 N–H and O–H groups in total. The summed E-state index contributed by atoms with van der Waals surface area (Å²) < 4.78 is 5.01. The molecule has 40 heavy (non-hydrogen) atoms. The maximum Gasteiger partial charge on any atom is 0.328 e. The predicted molar refractivity (Wildman–Crippen MR) is 156 cm³/mol. The van der Waals surface area contributed by atoms with Crippen molar-refractivity contribution in [1.29, 1.82) is 0 Å². The number of aromatic nitrogens is 3. The molecular weight excluding hydrogens is 500 g/mol. The third-order valence-corrected chi connectivity index (χ3v) is 6.91. The fourth-order valence-corrected chi connectivity index (χ4v) is 4.89. The van der Waals surface area contributed by atoms with E-state index in [0.29, 0.717) is 16.6 Å². The molecule has 7 heteroatoms. The average Bonchev–Trinajstić information content (AvgIpc) is 3.43. The Kier molecular flexibility index (Phi) is 6.77. The maximum absolute atomic E-state index is 13.4. The number of para-hydroxylation sites is 1. The van der Waals surface area contributed by atoms with Gasteiger partial charge in [0.2, 0.25) is 0 Å². The number of nitrogens with one attached hydrogen (secondary N) is 2. The Labute approximate surface area is 230 Å². The van der Waals surface area contributed by atoms with E-state index in [1.165, 1.54) is 7.11 Å². The molecular formula is C33H26N4O3. The minimum Gasteiger partial charge on any atom is -0.467 e. The van der Waals surface area contributed by atoms with Crippen molar-refractivity contribution in [1.82, 2.24) is 20.3 Å². The van der Waals surface area contributed by atoms with Gasteiger partial charge in [0.15, 0.2) is 0 Å². The van der Waals surface area contributed by atoms with Crippen molar-refractivity contribution in [3.8, 4) is 22.5 Å². The van der Waals surface area contributed by atoms with E-state index in [1.54, 1.807) is 18.2 Å². The number of aromatic amines is 1. The van der Waals surface area contributed by atoms with Crippen LogP contribution in [0.3, 0.4) is 0 Å². The second kappa shape index (κ2) is 10.8. The average molecular weight is 527 g/mol. The zero-order chi connectivity index (χ0) is 27.5. The molecule has 0 fully saturated rings. The molecule has 2 aromatic heterocycles. The first kappa shape index (κ1) is 25.0. The lowest BCUT2D eigenvalue weighted by molar-refractivity contribution is -0.142. The first-order valence-corrected chi connectivity index (χ1v) is 13.0. The lowest BCUT2D eigenvalue weighted by atomic mass is 10.0. The number of benzene rings is 4. The lowest BCUT2D eigenvalue weighted by Gasteiger charge is -2.17. The molecule has 0 unspecified atom stereocenters. The number of amides is 1. The molecule has 1 atom stereocenters. The molecule has 0 radical (unpaired) electrons. The SMILES string of the molecule is COC(=O)[C@H](Cc1c[nH]c2ccccc12)NC(=O)c1ccc2nc(-c3ccccc3)c(-c3ccccc3)nc2c1. The summed E-state index contributed by atoms with van der Waals surface area (Å²) in [5.41, 5.74) is 6.87. The minimum absolute atomic E-state index is 0.286. The molecule has 0 bridgehead atoms. The van der Waals surface area contributed by atoms with E-state index in [1.807, 2.05) is 91.1 Å².